The van der Waals surface area contributed by atoms with E-state index in [1.54, 1.807) is 0 Å². The molecule has 0 N–H and O–H groups in total. The van der Waals surface area contributed by atoms with Gasteiger partial charge in [0.2, 0.25) is 0 Å². The highest BCUT2D eigenvalue weighted by Gasteiger charge is 2.12. The molecule has 0 unspecified atom stereocenters. The molecule has 0 saturated carbocycles. The second kappa shape index (κ2) is 4.35. The van der Waals surface area contributed by atoms with Gasteiger partial charge in [0.25, 0.3) is 0 Å². The van der Waals surface area contributed by atoms with Gasteiger partial charge in [0.15, 0.2) is 0 Å². The molecule has 19 heavy (non-hydrogen) atoms. The summed E-state index contributed by atoms with van der Waals surface area (Å²) < 4.78 is 2.22. The molecule has 1 aromatic carbocycles. The van der Waals surface area contributed by atoms with Gasteiger partial charge in [-0.2, -0.15) is 0 Å². The van der Waals surface area contributed by atoms with E-state index in [-0.39, 0.29) is 0 Å². The Hall–Kier alpha value is -1.87. The Morgan fingerprint density at radius 1 is 1.11 bits per heavy atom. The van der Waals surface area contributed by atoms with Gasteiger partial charge in [0.05, 0.1) is 22.7 Å². The van der Waals surface area contributed by atoms with Crippen molar-refractivity contribution in [1.29, 1.82) is 0 Å². The van der Waals surface area contributed by atoms with E-state index in [0.717, 1.165) is 17.6 Å². The van der Waals surface area contributed by atoms with Crippen LogP contribution in [-0.4, -0.2) is 27.4 Å². The van der Waals surface area contributed by atoms with Crippen LogP contribution in [-0.2, 0) is 6.54 Å². The van der Waals surface area contributed by atoms with Gasteiger partial charge in [-0.1, -0.05) is 6.07 Å². The lowest BCUT2D eigenvalue weighted by Gasteiger charge is -2.15. The largest absolute Gasteiger partial charge is 0.314 e. The highest BCUT2D eigenvalue weighted by Crippen LogP contribution is 2.19. The fourth-order valence-corrected chi connectivity index (χ4v) is 3.02. The van der Waals surface area contributed by atoms with Crippen LogP contribution in [0, 0.1) is 0 Å². The van der Waals surface area contributed by atoms with Crippen molar-refractivity contribution in [2.75, 3.05) is 13.1 Å². The zero-order valence-corrected chi connectivity index (χ0v) is 10.9. The van der Waals surface area contributed by atoms with Gasteiger partial charge >= 0.3 is 0 Å². The predicted molar refractivity (Wildman–Crippen MR) is 77.2 cm³/mol. The Labute approximate surface area is 112 Å². The minimum Gasteiger partial charge on any atom is -0.314 e. The lowest BCUT2D eigenvalue weighted by atomic mass is 10.2. The van der Waals surface area contributed by atoms with E-state index < -0.39 is 0 Å². The van der Waals surface area contributed by atoms with Crippen LogP contribution in [0.5, 0.6) is 0 Å². The van der Waals surface area contributed by atoms with E-state index in [2.05, 4.69) is 50.8 Å². The van der Waals surface area contributed by atoms with Crippen LogP contribution in [0.4, 0.5) is 0 Å². The Morgan fingerprint density at radius 2 is 2.00 bits per heavy atom. The number of nitrogens with zero attached hydrogens (tertiary/aromatic N) is 3. The molecule has 2 aromatic heterocycles. The third-order valence-electron chi connectivity index (χ3n) is 4.02. The number of hydrogen-bond acceptors (Lipinski definition) is 2. The number of benzene rings is 1. The molecule has 3 heterocycles. The first-order chi connectivity index (χ1) is 9.40. The lowest BCUT2D eigenvalue weighted by molar-refractivity contribution is 0.331. The monoisotopic (exact) mass is 251 g/mol. The maximum atomic E-state index is 4.52. The third kappa shape index (κ3) is 1.90. The average molecular weight is 251 g/mol. The van der Waals surface area contributed by atoms with Crippen LogP contribution in [0.3, 0.4) is 0 Å². The summed E-state index contributed by atoms with van der Waals surface area (Å²) in [4.78, 5) is 7.05. The van der Waals surface area contributed by atoms with E-state index in [9.17, 15) is 0 Å². The van der Waals surface area contributed by atoms with Crippen LogP contribution in [0.2, 0.25) is 0 Å². The van der Waals surface area contributed by atoms with Crippen molar-refractivity contribution in [3.8, 4) is 0 Å². The normalized spacial score (nSPS) is 16.6. The standard InChI is InChI=1S/C16H17N3/c1-2-8-18(7-1)12-13-5-6-15-16(10-13)19-9-3-4-14(19)11-17-15/h3-6,9-11H,1-2,7-8,12H2. The first-order valence-electron chi connectivity index (χ1n) is 6.97. The Morgan fingerprint density at radius 3 is 2.89 bits per heavy atom. The minimum absolute atomic E-state index is 1.06. The van der Waals surface area contributed by atoms with Gasteiger partial charge in [-0.05, 0) is 55.8 Å². The summed E-state index contributed by atoms with van der Waals surface area (Å²) in [6.07, 6.45) is 6.73. The fourth-order valence-electron chi connectivity index (χ4n) is 3.02. The molecule has 3 nitrogen and oxygen atoms in total. The van der Waals surface area contributed by atoms with Crippen molar-refractivity contribution >= 4 is 16.6 Å². The molecule has 4 rings (SSSR count). The number of aromatic nitrogens is 2. The van der Waals surface area contributed by atoms with Crippen LogP contribution in [0.25, 0.3) is 16.6 Å². The fraction of sp³-hybridized carbons (Fsp3) is 0.312. The molecule has 0 atom stereocenters. The Kier molecular flexibility index (Phi) is 2.52. The molecule has 3 aromatic rings. The van der Waals surface area contributed by atoms with Gasteiger partial charge < -0.3 is 4.40 Å². The smallest absolute Gasteiger partial charge is 0.0871 e. The van der Waals surface area contributed by atoms with Crippen molar-refractivity contribution in [2.45, 2.75) is 19.4 Å². The molecule has 0 bridgehead atoms. The second-order valence-electron chi connectivity index (χ2n) is 5.37. The molecule has 1 aliphatic rings. The number of hydrogen-bond donors (Lipinski definition) is 0. The number of rotatable bonds is 2. The Balaban J connectivity index is 1.79. The summed E-state index contributed by atoms with van der Waals surface area (Å²) in [7, 11) is 0. The molecule has 1 saturated heterocycles. The summed E-state index contributed by atoms with van der Waals surface area (Å²) in [6.45, 7) is 3.54. The lowest BCUT2D eigenvalue weighted by Crippen LogP contribution is -2.18. The summed E-state index contributed by atoms with van der Waals surface area (Å²) in [5.74, 6) is 0. The van der Waals surface area contributed by atoms with Crippen molar-refractivity contribution in [3.05, 3.63) is 48.3 Å². The van der Waals surface area contributed by atoms with E-state index in [4.69, 9.17) is 0 Å². The number of likely N-dealkylation sites (tertiary alicyclic amines) is 1. The molecule has 96 valence electrons. The average Bonchev–Trinajstić information content (AvgIpc) is 3.08. The quantitative estimate of drug-likeness (QED) is 0.697. The van der Waals surface area contributed by atoms with Gasteiger partial charge in [0.1, 0.15) is 0 Å². The number of fused-ring (bicyclic) bond motifs is 3. The van der Waals surface area contributed by atoms with Crippen LogP contribution >= 0.6 is 0 Å². The topological polar surface area (TPSA) is 20.5 Å². The van der Waals surface area contributed by atoms with Crippen molar-refractivity contribution in [2.24, 2.45) is 0 Å². The Bertz CT molecular complexity index is 723. The second-order valence-corrected chi connectivity index (χ2v) is 5.37. The summed E-state index contributed by atoms with van der Waals surface area (Å²) in [5.41, 5.74) is 4.82. The van der Waals surface area contributed by atoms with Crippen LogP contribution in [0.1, 0.15) is 18.4 Å². The minimum atomic E-state index is 1.06. The molecule has 0 spiro atoms. The highest BCUT2D eigenvalue weighted by molar-refractivity contribution is 5.78. The van der Waals surface area contributed by atoms with E-state index in [1.165, 1.54) is 37.0 Å². The van der Waals surface area contributed by atoms with E-state index >= 15 is 0 Å². The predicted octanol–water partition coefficient (Wildman–Crippen LogP) is 3.08. The first-order valence-corrected chi connectivity index (χ1v) is 6.97. The first kappa shape index (κ1) is 11.0. The van der Waals surface area contributed by atoms with Gasteiger partial charge in [-0.3, -0.25) is 9.88 Å². The maximum Gasteiger partial charge on any atom is 0.0871 e. The van der Waals surface area contributed by atoms with Gasteiger partial charge in [0, 0.05) is 12.7 Å². The molecule has 3 heteroatoms. The van der Waals surface area contributed by atoms with Crippen molar-refractivity contribution in [3.63, 3.8) is 0 Å². The third-order valence-corrected chi connectivity index (χ3v) is 4.02. The van der Waals surface area contributed by atoms with E-state index in [1.807, 2.05) is 6.20 Å². The van der Waals surface area contributed by atoms with Crippen molar-refractivity contribution < 1.29 is 0 Å². The molecular weight excluding hydrogens is 234 g/mol. The zero-order valence-electron chi connectivity index (χ0n) is 10.9. The maximum absolute atomic E-state index is 4.52. The van der Waals surface area contributed by atoms with Gasteiger partial charge in [-0.25, -0.2) is 0 Å². The van der Waals surface area contributed by atoms with Crippen LogP contribution < -0.4 is 0 Å². The van der Waals surface area contributed by atoms with Crippen molar-refractivity contribution in [1.82, 2.24) is 14.3 Å². The van der Waals surface area contributed by atoms with Gasteiger partial charge in [-0.15, -0.1) is 0 Å². The molecular formula is C16H17N3. The molecule has 1 fully saturated rings. The molecule has 0 amide bonds. The molecule has 0 radical (unpaired) electrons. The van der Waals surface area contributed by atoms with Crippen LogP contribution in [0.15, 0.2) is 42.7 Å². The summed E-state index contributed by atoms with van der Waals surface area (Å²) in [6, 6.07) is 10.8. The van der Waals surface area contributed by atoms with E-state index in [0.29, 0.717) is 0 Å². The highest BCUT2D eigenvalue weighted by atomic mass is 15.1. The summed E-state index contributed by atoms with van der Waals surface area (Å²) in [5, 5.41) is 0. The SMILES string of the molecule is c1cc2cnc3ccc(CN4CCCC4)cc3n2c1. The molecule has 0 aliphatic carbocycles. The zero-order chi connectivity index (χ0) is 12.7. The summed E-state index contributed by atoms with van der Waals surface area (Å²) >= 11 is 0. The molecule has 1 aliphatic heterocycles.